The van der Waals surface area contributed by atoms with Crippen molar-refractivity contribution in [2.75, 3.05) is 38.5 Å². The lowest BCUT2D eigenvalue weighted by Crippen LogP contribution is -2.46. The molecule has 1 fully saturated rings. The number of carbonyl (C=O) groups excluding carboxylic acids is 1. The Bertz CT molecular complexity index is 1210. The number of halogens is 1. The zero-order valence-corrected chi connectivity index (χ0v) is 19.8. The fourth-order valence-corrected chi connectivity index (χ4v) is 3.47. The number of nitro groups is 1. The normalized spacial score (nSPS) is 15.1. The third kappa shape index (κ3) is 5.61. The third-order valence-corrected chi connectivity index (χ3v) is 5.41. The van der Waals surface area contributed by atoms with E-state index in [0.29, 0.717) is 12.2 Å². The van der Waals surface area contributed by atoms with Crippen molar-refractivity contribution in [3.63, 3.8) is 0 Å². The fraction of sp³-hybridized carbons (Fsp3) is 0.444. The lowest BCUT2D eigenvalue weighted by Gasteiger charge is -2.33. The summed E-state index contributed by atoms with van der Waals surface area (Å²) in [6.07, 6.45) is 0. The minimum absolute atomic E-state index is 0. The van der Waals surface area contributed by atoms with Crippen LogP contribution in [-0.4, -0.2) is 84.4 Å². The molecule has 0 radical (unpaired) electrons. The van der Waals surface area contributed by atoms with Gasteiger partial charge in [-0.05, 0) is 29.8 Å². The van der Waals surface area contributed by atoms with E-state index in [1.807, 2.05) is 0 Å². The average Bonchev–Trinajstić information content (AvgIpc) is 3.57. The van der Waals surface area contributed by atoms with Crippen LogP contribution in [0.15, 0.2) is 26.3 Å². The number of likely N-dealkylation sites (N-methyl/N-ethyl adjacent to an activating group) is 1. The topological polar surface area (TPSA) is 200 Å². The van der Waals surface area contributed by atoms with Gasteiger partial charge in [-0.2, -0.15) is 9.78 Å². The molecule has 3 N–H and O–H groups in total. The summed E-state index contributed by atoms with van der Waals surface area (Å²) < 4.78 is 11.1. The quantitative estimate of drug-likeness (QED) is 0.241. The maximum Gasteiger partial charge on any atom is 0.433 e. The molecule has 0 atom stereocenters. The van der Waals surface area contributed by atoms with Gasteiger partial charge in [-0.15, -0.1) is 17.5 Å². The molecule has 35 heavy (non-hydrogen) atoms. The SMILES string of the molecule is CCN1CCN(Cc2c(C(=O)N/N=C(\C)c3ccc([N+](=O)[O-])o3)nnn2-c2nonc2N)CC1.Cl. The van der Waals surface area contributed by atoms with E-state index in [1.54, 1.807) is 0 Å². The standard InChI is InChI=1S/C18H23N11O5.ClH/c1-3-26-6-8-27(9-7-26)10-12-15(21-25-28(12)17-16(19)23-34-24-17)18(30)22-20-11(2)13-4-5-14(33-13)29(31)32;/h4-5H,3,6-10H2,1-2H3,(H2,19,23)(H,22,30);1H/b20-11+;. The molecule has 0 aliphatic carbocycles. The molecule has 1 aliphatic heterocycles. The molecule has 17 heteroatoms. The van der Waals surface area contributed by atoms with Crippen LogP contribution in [-0.2, 0) is 6.54 Å². The number of anilines is 1. The maximum atomic E-state index is 12.9. The largest absolute Gasteiger partial charge is 0.433 e. The van der Waals surface area contributed by atoms with Crippen LogP contribution in [0.4, 0.5) is 11.7 Å². The Kier molecular flexibility index (Phi) is 8.10. The Morgan fingerprint density at radius 1 is 1.26 bits per heavy atom. The molecular formula is C18H24ClN11O5. The number of furan rings is 1. The van der Waals surface area contributed by atoms with Gasteiger partial charge in [-0.25, -0.2) is 10.1 Å². The summed E-state index contributed by atoms with van der Waals surface area (Å²) >= 11 is 0. The fourth-order valence-electron chi connectivity index (χ4n) is 3.47. The van der Waals surface area contributed by atoms with Gasteiger partial charge in [0.1, 0.15) is 10.6 Å². The summed E-state index contributed by atoms with van der Waals surface area (Å²) in [7, 11) is 0. The number of aromatic nitrogens is 5. The van der Waals surface area contributed by atoms with Crippen LogP contribution in [0.1, 0.15) is 35.8 Å². The van der Waals surface area contributed by atoms with Crippen LogP contribution in [0.3, 0.4) is 0 Å². The highest BCUT2D eigenvalue weighted by atomic mass is 35.5. The van der Waals surface area contributed by atoms with Crippen LogP contribution in [0, 0.1) is 10.1 Å². The molecule has 1 aliphatic rings. The third-order valence-electron chi connectivity index (χ3n) is 5.41. The van der Waals surface area contributed by atoms with E-state index < -0.39 is 16.7 Å². The summed E-state index contributed by atoms with van der Waals surface area (Å²) in [4.78, 5) is 27.6. The Labute approximate surface area is 204 Å². The van der Waals surface area contributed by atoms with Crippen LogP contribution in [0.5, 0.6) is 0 Å². The smallest absolute Gasteiger partial charge is 0.399 e. The molecule has 0 bridgehead atoms. The molecule has 0 unspecified atom stereocenters. The first kappa shape index (κ1) is 25.7. The zero-order valence-electron chi connectivity index (χ0n) is 18.9. The van der Waals surface area contributed by atoms with Crippen molar-refractivity contribution in [1.82, 2.24) is 40.5 Å². The number of nitrogens with two attached hydrogens (primary N) is 1. The number of nitrogens with one attached hydrogen (secondary N) is 1. The summed E-state index contributed by atoms with van der Waals surface area (Å²) in [6.45, 7) is 8.35. The van der Waals surface area contributed by atoms with E-state index >= 15 is 0 Å². The first-order valence-electron chi connectivity index (χ1n) is 10.4. The molecule has 1 amide bonds. The molecule has 0 spiro atoms. The molecule has 4 rings (SSSR count). The van der Waals surface area contributed by atoms with Gasteiger partial charge >= 0.3 is 5.88 Å². The van der Waals surface area contributed by atoms with Crippen molar-refractivity contribution in [2.24, 2.45) is 5.10 Å². The molecule has 16 nitrogen and oxygen atoms in total. The van der Waals surface area contributed by atoms with Gasteiger partial charge in [0.15, 0.2) is 11.5 Å². The highest BCUT2D eigenvalue weighted by molar-refractivity contribution is 5.99. The van der Waals surface area contributed by atoms with Crippen molar-refractivity contribution in [2.45, 2.75) is 20.4 Å². The molecule has 0 saturated carbocycles. The summed E-state index contributed by atoms with van der Waals surface area (Å²) in [5.74, 6) is -0.795. The van der Waals surface area contributed by atoms with Gasteiger partial charge in [0.2, 0.25) is 11.6 Å². The van der Waals surface area contributed by atoms with Gasteiger partial charge < -0.3 is 15.1 Å². The number of hydrogen-bond acceptors (Lipinski definition) is 13. The molecule has 3 aromatic rings. The van der Waals surface area contributed by atoms with Crippen molar-refractivity contribution >= 4 is 35.7 Å². The van der Waals surface area contributed by atoms with Gasteiger partial charge in [-0.3, -0.25) is 19.8 Å². The van der Waals surface area contributed by atoms with Crippen molar-refractivity contribution < 1.29 is 18.8 Å². The average molecular weight is 510 g/mol. The van der Waals surface area contributed by atoms with Gasteiger partial charge in [0.25, 0.3) is 5.91 Å². The second-order valence-corrected chi connectivity index (χ2v) is 7.51. The van der Waals surface area contributed by atoms with Crippen molar-refractivity contribution in [3.8, 4) is 5.82 Å². The zero-order chi connectivity index (χ0) is 24.2. The summed E-state index contributed by atoms with van der Waals surface area (Å²) in [5, 5.41) is 30.1. The van der Waals surface area contributed by atoms with E-state index in [0.717, 1.165) is 32.7 Å². The second-order valence-electron chi connectivity index (χ2n) is 7.51. The Morgan fingerprint density at radius 2 is 1.97 bits per heavy atom. The van der Waals surface area contributed by atoms with Crippen LogP contribution < -0.4 is 11.2 Å². The van der Waals surface area contributed by atoms with Crippen molar-refractivity contribution in [3.05, 3.63) is 39.4 Å². The molecule has 1 saturated heterocycles. The van der Waals surface area contributed by atoms with E-state index in [-0.39, 0.29) is 41.2 Å². The number of nitrogen functional groups attached to an aromatic ring is 1. The van der Waals surface area contributed by atoms with Crippen LogP contribution >= 0.6 is 12.4 Å². The highest BCUT2D eigenvalue weighted by Crippen LogP contribution is 2.19. The van der Waals surface area contributed by atoms with E-state index in [1.165, 1.54) is 23.7 Å². The Hall–Kier alpha value is -3.89. The minimum atomic E-state index is -0.662. The Balaban J connectivity index is 0.00000342. The number of hydrazone groups is 1. The van der Waals surface area contributed by atoms with Gasteiger partial charge in [0, 0.05) is 32.7 Å². The van der Waals surface area contributed by atoms with Gasteiger partial charge in [-0.1, -0.05) is 12.1 Å². The van der Waals surface area contributed by atoms with Crippen molar-refractivity contribution in [1.29, 1.82) is 0 Å². The number of carbonyl (C=O) groups is 1. The summed E-state index contributed by atoms with van der Waals surface area (Å²) in [6, 6.07) is 2.59. The Morgan fingerprint density at radius 3 is 2.57 bits per heavy atom. The monoisotopic (exact) mass is 509 g/mol. The number of nitrogens with zero attached hydrogens (tertiary/aromatic N) is 9. The van der Waals surface area contributed by atoms with E-state index in [9.17, 15) is 14.9 Å². The summed E-state index contributed by atoms with van der Waals surface area (Å²) in [5.41, 5.74) is 8.90. The minimum Gasteiger partial charge on any atom is -0.399 e. The van der Waals surface area contributed by atoms with Gasteiger partial charge in [0.05, 0.1) is 11.8 Å². The van der Waals surface area contributed by atoms with Crippen LogP contribution in [0.2, 0.25) is 0 Å². The highest BCUT2D eigenvalue weighted by Gasteiger charge is 2.27. The maximum absolute atomic E-state index is 12.9. The number of amides is 1. The second kappa shape index (κ2) is 11.0. The first-order chi connectivity index (χ1) is 16.4. The molecule has 4 heterocycles. The number of piperazine rings is 1. The molecule has 3 aromatic heterocycles. The van der Waals surface area contributed by atoms with Crippen LogP contribution in [0.25, 0.3) is 5.82 Å². The number of hydrogen-bond donors (Lipinski definition) is 2. The predicted molar refractivity (Wildman–Crippen MR) is 123 cm³/mol. The lowest BCUT2D eigenvalue weighted by molar-refractivity contribution is -0.402. The molecule has 0 aromatic carbocycles. The first-order valence-corrected chi connectivity index (χ1v) is 10.4. The molecular weight excluding hydrogens is 486 g/mol. The van der Waals surface area contributed by atoms with E-state index in [2.05, 4.69) is 52.5 Å². The predicted octanol–water partition coefficient (Wildman–Crippen LogP) is 0.447. The lowest BCUT2D eigenvalue weighted by atomic mass is 10.2. The molecule has 188 valence electrons. The number of rotatable bonds is 8. The van der Waals surface area contributed by atoms with E-state index in [4.69, 9.17) is 10.2 Å².